The number of rotatable bonds is 20. The molecular formula is C28H38N6O11S. The van der Waals surface area contributed by atoms with Gasteiger partial charge in [-0.2, -0.15) is 0 Å². The molecule has 252 valence electrons. The molecule has 3 rings (SSSR count). The van der Waals surface area contributed by atoms with Crippen molar-refractivity contribution < 1.29 is 38.3 Å². The van der Waals surface area contributed by atoms with Crippen molar-refractivity contribution in [2.75, 3.05) is 32.9 Å². The summed E-state index contributed by atoms with van der Waals surface area (Å²) >= 11 is 0. The Hall–Kier alpha value is -4.45. The molecule has 0 amide bonds. The summed E-state index contributed by atoms with van der Waals surface area (Å²) in [4.78, 5) is 61.8. The third-order valence-corrected chi connectivity index (χ3v) is 8.52. The van der Waals surface area contributed by atoms with Gasteiger partial charge in [0.05, 0.1) is 35.1 Å². The predicted molar refractivity (Wildman–Crippen MR) is 164 cm³/mol. The van der Waals surface area contributed by atoms with Crippen LogP contribution >= 0.6 is 0 Å². The second-order valence-corrected chi connectivity index (χ2v) is 12.0. The quantitative estimate of drug-likeness (QED) is 0.0682. The molecule has 1 aromatic heterocycles. The largest absolute Gasteiger partial charge is 0.493 e. The highest BCUT2D eigenvalue weighted by Gasteiger charge is 2.31. The van der Waals surface area contributed by atoms with Crippen LogP contribution in [0, 0.1) is 38.5 Å². The van der Waals surface area contributed by atoms with Crippen LogP contribution in [0.15, 0.2) is 27.9 Å². The van der Waals surface area contributed by atoms with Crippen LogP contribution in [0.4, 0.5) is 0 Å². The van der Waals surface area contributed by atoms with E-state index >= 15 is 0 Å². The van der Waals surface area contributed by atoms with Crippen molar-refractivity contribution >= 4 is 22.7 Å². The van der Waals surface area contributed by atoms with E-state index < -0.39 is 39.8 Å². The molecule has 1 aliphatic rings. The maximum Gasteiger partial charge on any atom is 0.305 e. The fourth-order valence-electron chi connectivity index (χ4n) is 4.74. The Labute approximate surface area is 266 Å². The molecule has 0 radical (unpaired) electrons. The molecule has 18 heteroatoms. The zero-order chi connectivity index (χ0) is 33.8. The number of carbonyl (C=O) groups is 1. The standard InChI is InChI=1S/C28H38N6O11S/c1-4-7-23(29)26-18(3)28(36)31-27(30-26)22-14-21(10-11-24(22)42-5-2)46(41)32-15-19(16-32)8-6-13-43-25(35)12-9-20(45-34(39)40)17-44-33(37)38/h10-11,14,19-20,29H,4-9,12-13,15-17H2,1-3H3,(H,30,31,36). The number of benzene rings is 1. The summed E-state index contributed by atoms with van der Waals surface area (Å²) in [6.07, 6.45) is 0.750. The zero-order valence-corrected chi connectivity index (χ0v) is 26.7. The fourth-order valence-corrected chi connectivity index (χ4v) is 6.13. The SMILES string of the molecule is CCCC(=N)c1nc(-c2cc(S(=O)N3CC(CCCOC(=O)CCC(CO[N+](=O)[O-])O[N+](=O)[O-])C3)ccc2OCC)[nH]c(=O)c1C. The van der Waals surface area contributed by atoms with Crippen LogP contribution in [-0.4, -0.2) is 79.4 Å². The van der Waals surface area contributed by atoms with Gasteiger partial charge in [-0.05, 0) is 63.6 Å². The van der Waals surface area contributed by atoms with Gasteiger partial charge in [0.1, 0.15) is 35.3 Å². The number of nitrogens with zero attached hydrogens (tertiary/aromatic N) is 4. The molecule has 1 aromatic carbocycles. The molecule has 2 N–H and O–H groups in total. The first kappa shape index (κ1) is 36.0. The van der Waals surface area contributed by atoms with E-state index in [1.165, 1.54) is 0 Å². The summed E-state index contributed by atoms with van der Waals surface area (Å²) in [5, 5.41) is 27.0. The molecule has 2 heterocycles. The molecule has 0 bridgehead atoms. The first-order valence-corrected chi connectivity index (χ1v) is 15.9. The summed E-state index contributed by atoms with van der Waals surface area (Å²) in [7, 11) is -1.50. The van der Waals surface area contributed by atoms with Gasteiger partial charge in [0.15, 0.2) is 0 Å². The average Bonchev–Trinajstić information content (AvgIpc) is 2.98. The highest BCUT2D eigenvalue weighted by molar-refractivity contribution is 7.82. The molecule has 1 saturated heterocycles. The Balaban J connectivity index is 1.53. The van der Waals surface area contributed by atoms with E-state index in [0.29, 0.717) is 66.4 Å². The number of ether oxygens (including phenoxy) is 2. The van der Waals surface area contributed by atoms with E-state index in [4.69, 9.17) is 14.9 Å². The lowest BCUT2D eigenvalue weighted by molar-refractivity contribution is -0.790. The van der Waals surface area contributed by atoms with Crippen molar-refractivity contribution in [2.45, 2.75) is 70.3 Å². The van der Waals surface area contributed by atoms with Crippen molar-refractivity contribution in [3.05, 3.63) is 60.0 Å². The number of nitrogens with one attached hydrogen (secondary N) is 2. The third-order valence-electron chi connectivity index (χ3n) is 7.09. The minimum atomic E-state index is -1.50. The van der Waals surface area contributed by atoms with Crippen LogP contribution in [-0.2, 0) is 30.2 Å². The minimum Gasteiger partial charge on any atom is -0.493 e. The van der Waals surface area contributed by atoms with Crippen LogP contribution in [0.1, 0.15) is 63.6 Å². The van der Waals surface area contributed by atoms with Gasteiger partial charge in [-0.25, -0.2) is 13.5 Å². The Morgan fingerprint density at radius 1 is 1.22 bits per heavy atom. The molecule has 0 aliphatic carbocycles. The van der Waals surface area contributed by atoms with Gasteiger partial charge in [0, 0.05) is 25.1 Å². The Kier molecular flexibility index (Phi) is 13.5. The molecule has 1 fully saturated rings. The minimum absolute atomic E-state index is 0.117. The second kappa shape index (κ2) is 17.3. The van der Waals surface area contributed by atoms with E-state index in [1.54, 1.807) is 29.4 Å². The lowest BCUT2D eigenvalue weighted by Gasteiger charge is -2.38. The Morgan fingerprint density at radius 3 is 2.61 bits per heavy atom. The van der Waals surface area contributed by atoms with Gasteiger partial charge in [-0.1, -0.05) is 13.3 Å². The average molecular weight is 667 g/mol. The normalized spacial score (nSPS) is 14.5. The number of H-pyrrole nitrogens is 1. The van der Waals surface area contributed by atoms with E-state index in [1.807, 2.05) is 13.8 Å². The summed E-state index contributed by atoms with van der Waals surface area (Å²) in [6.45, 7) is 6.30. The van der Waals surface area contributed by atoms with E-state index in [9.17, 15) is 34.0 Å². The van der Waals surface area contributed by atoms with Gasteiger partial charge < -0.3 is 29.5 Å². The van der Waals surface area contributed by atoms with Crippen LogP contribution in [0.2, 0.25) is 0 Å². The van der Waals surface area contributed by atoms with Gasteiger partial charge in [0.25, 0.3) is 15.7 Å². The maximum atomic E-state index is 13.4. The van der Waals surface area contributed by atoms with Crippen molar-refractivity contribution in [2.24, 2.45) is 5.92 Å². The molecule has 17 nitrogen and oxygen atoms in total. The lowest BCUT2D eigenvalue weighted by atomic mass is 9.98. The van der Waals surface area contributed by atoms with Crippen LogP contribution in [0.3, 0.4) is 0 Å². The summed E-state index contributed by atoms with van der Waals surface area (Å²) < 4.78 is 26.1. The van der Waals surface area contributed by atoms with Gasteiger partial charge in [-0.15, -0.1) is 20.2 Å². The predicted octanol–water partition coefficient (Wildman–Crippen LogP) is 3.16. The van der Waals surface area contributed by atoms with Crippen molar-refractivity contribution in [1.29, 1.82) is 5.41 Å². The van der Waals surface area contributed by atoms with Crippen LogP contribution < -0.4 is 10.3 Å². The summed E-state index contributed by atoms with van der Waals surface area (Å²) in [5.74, 6) is 0.296. The fraction of sp³-hybridized carbons (Fsp3) is 0.571. The molecule has 2 atom stereocenters. The summed E-state index contributed by atoms with van der Waals surface area (Å²) in [5.41, 5.74) is 1.05. The maximum absolute atomic E-state index is 13.4. The molecule has 2 unspecified atom stereocenters. The highest BCUT2D eigenvalue weighted by Crippen LogP contribution is 2.32. The highest BCUT2D eigenvalue weighted by atomic mass is 32.2. The van der Waals surface area contributed by atoms with Crippen LogP contribution in [0.5, 0.6) is 5.75 Å². The molecule has 46 heavy (non-hydrogen) atoms. The first-order valence-electron chi connectivity index (χ1n) is 14.8. The van der Waals surface area contributed by atoms with Gasteiger partial charge in [-0.3, -0.25) is 9.59 Å². The van der Waals surface area contributed by atoms with Crippen molar-refractivity contribution in [3.8, 4) is 17.1 Å². The topological polar surface area (TPSA) is 230 Å². The van der Waals surface area contributed by atoms with Crippen molar-refractivity contribution in [1.82, 2.24) is 14.3 Å². The third kappa shape index (κ3) is 10.3. The Morgan fingerprint density at radius 2 is 1.96 bits per heavy atom. The second-order valence-electron chi connectivity index (χ2n) is 10.5. The van der Waals surface area contributed by atoms with E-state index in [0.717, 1.165) is 6.42 Å². The number of hydrogen-bond acceptors (Lipinski definition) is 13. The summed E-state index contributed by atoms with van der Waals surface area (Å²) in [6, 6.07) is 5.07. The van der Waals surface area contributed by atoms with E-state index in [-0.39, 0.29) is 42.5 Å². The van der Waals surface area contributed by atoms with E-state index in [2.05, 4.69) is 19.6 Å². The van der Waals surface area contributed by atoms with Gasteiger partial charge >= 0.3 is 5.97 Å². The lowest BCUT2D eigenvalue weighted by Crippen LogP contribution is -2.47. The number of aromatic amines is 1. The molecule has 0 spiro atoms. The smallest absolute Gasteiger partial charge is 0.305 e. The number of esters is 1. The molecule has 1 aliphatic heterocycles. The van der Waals surface area contributed by atoms with Crippen molar-refractivity contribution in [3.63, 3.8) is 0 Å². The first-order chi connectivity index (χ1) is 21.9. The zero-order valence-electron chi connectivity index (χ0n) is 25.9. The number of aromatic nitrogens is 2. The number of hydrogen-bond donors (Lipinski definition) is 2. The Bertz CT molecular complexity index is 1490. The molecular weight excluding hydrogens is 628 g/mol. The van der Waals surface area contributed by atoms with Gasteiger partial charge in [0.2, 0.25) is 0 Å². The van der Waals surface area contributed by atoms with Crippen LogP contribution in [0.25, 0.3) is 11.4 Å². The number of carbonyl (C=O) groups excluding carboxylic acids is 1. The monoisotopic (exact) mass is 666 g/mol. The molecule has 0 saturated carbocycles. The molecule has 2 aromatic rings.